The van der Waals surface area contributed by atoms with Crippen molar-refractivity contribution in [1.82, 2.24) is 10.6 Å². The van der Waals surface area contributed by atoms with Crippen LogP contribution in [0.1, 0.15) is 24.0 Å². The Bertz CT molecular complexity index is 968. The minimum atomic E-state index is -4.65. The number of alkyl halides is 3. The van der Waals surface area contributed by atoms with Gasteiger partial charge in [-0.05, 0) is 49.2 Å². The topological polar surface area (TPSA) is 75.3 Å². The molecular formula is C19H19F3N2O3S. The lowest BCUT2D eigenvalue weighted by Crippen LogP contribution is -2.40. The highest BCUT2D eigenvalue weighted by Gasteiger charge is 2.32. The predicted molar refractivity (Wildman–Crippen MR) is 96.2 cm³/mol. The fourth-order valence-electron chi connectivity index (χ4n) is 3.09. The van der Waals surface area contributed by atoms with E-state index < -0.39 is 26.5 Å². The second kappa shape index (κ2) is 7.92. The van der Waals surface area contributed by atoms with E-state index in [0.29, 0.717) is 18.1 Å². The third-order valence-electron chi connectivity index (χ3n) is 4.56. The van der Waals surface area contributed by atoms with Crippen LogP contribution in [0.5, 0.6) is 0 Å². The smallest absolute Gasteiger partial charge is 0.351 e. The van der Waals surface area contributed by atoms with Crippen LogP contribution in [-0.4, -0.2) is 26.9 Å². The number of carbonyl (C=O) groups excluding carboxylic acids is 1. The zero-order valence-corrected chi connectivity index (χ0v) is 15.6. The molecule has 1 heterocycles. The van der Waals surface area contributed by atoms with Gasteiger partial charge in [0.2, 0.25) is 15.7 Å². The van der Waals surface area contributed by atoms with E-state index in [-0.39, 0.29) is 23.4 Å². The van der Waals surface area contributed by atoms with E-state index in [4.69, 9.17) is 0 Å². The molecule has 1 amide bonds. The van der Waals surface area contributed by atoms with Gasteiger partial charge >= 0.3 is 6.18 Å². The maximum atomic E-state index is 12.9. The van der Waals surface area contributed by atoms with E-state index in [1.165, 1.54) is 18.2 Å². The molecule has 28 heavy (non-hydrogen) atoms. The van der Waals surface area contributed by atoms with Crippen molar-refractivity contribution in [3.05, 3.63) is 59.7 Å². The van der Waals surface area contributed by atoms with Crippen LogP contribution in [0.3, 0.4) is 0 Å². The molecule has 1 saturated heterocycles. The molecule has 2 aromatic carbocycles. The maximum absolute atomic E-state index is 12.9. The average Bonchev–Trinajstić information content (AvgIpc) is 3.20. The van der Waals surface area contributed by atoms with Gasteiger partial charge in [0.05, 0.1) is 21.4 Å². The van der Waals surface area contributed by atoms with Gasteiger partial charge in [0.1, 0.15) is 0 Å². The number of rotatable bonds is 5. The van der Waals surface area contributed by atoms with Gasteiger partial charge in [-0.1, -0.05) is 24.3 Å². The van der Waals surface area contributed by atoms with Gasteiger partial charge < -0.3 is 10.6 Å². The normalized spacial score (nSPS) is 17.5. The highest BCUT2D eigenvalue weighted by atomic mass is 32.2. The van der Waals surface area contributed by atoms with E-state index in [1.54, 1.807) is 6.07 Å². The molecule has 1 aliphatic rings. The number of nitrogens with one attached hydrogen (secondary N) is 2. The Morgan fingerprint density at radius 3 is 2.57 bits per heavy atom. The van der Waals surface area contributed by atoms with Crippen LogP contribution in [0.4, 0.5) is 13.2 Å². The molecule has 1 fully saturated rings. The highest BCUT2D eigenvalue weighted by molar-refractivity contribution is 7.91. The lowest BCUT2D eigenvalue weighted by atomic mass is 10.2. The molecule has 0 aromatic heterocycles. The van der Waals surface area contributed by atoms with E-state index in [2.05, 4.69) is 10.6 Å². The Kier molecular flexibility index (Phi) is 5.76. The molecule has 0 radical (unpaired) electrons. The monoisotopic (exact) mass is 412 g/mol. The fraction of sp³-hybridized carbons (Fsp3) is 0.316. The van der Waals surface area contributed by atoms with Crippen LogP contribution in [0.2, 0.25) is 0 Å². The van der Waals surface area contributed by atoms with Crippen LogP contribution in [0.15, 0.2) is 58.3 Å². The molecule has 0 saturated carbocycles. The van der Waals surface area contributed by atoms with Gasteiger partial charge in [-0.3, -0.25) is 4.79 Å². The van der Waals surface area contributed by atoms with E-state index in [9.17, 15) is 26.4 Å². The van der Waals surface area contributed by atoms with Crippen LogP contribution < -0.4 is 10.6 Å². The van der Waals surface area contributed by atoms with Gasteiger partial charge in [0, 0.05) is 6.54 Å². The number of halogens is 3. The molecule has 1 aliphatic heterocycles. The Balaban J connectivity index is 1.88. The highest BCUT2D eigenvalue weighted by Crippen LogP contribution is 2.32. The van der Waals surface area contributed by atoms with Gasteiger partial charge in [0.25, 0.3) is 0 Å². The lowest BCUT2D eigenvalue weighted by molar-refractivity contribution is -0.137. The summed E-state index contributed by atoms with van der Waals surface area (Å²) < 4.78 is 64.7. The fourth-order valence-corrected chi connectivity index (χ4v) is 4.63. The van der Waals surface area contributed by atoms with Crippen molar-refractivity contribution in [3.8, 4) is 0 Å². The second-order valence-electron chi connectivity index (χ2n) is 6.50. The van der Waals surface area contributed by atoms with Crippen molar-refractivity contribution in [1.29, 1.82) is 0 Å². The van der Waals surface area contributed by atoms with Gasteiger partial charge in [-0.2, -0.15) is 13.2 Å². The molecule has 2 N–H and O–H groups in total. The standard InChI is InChI=1S/C19H19F3N2O3S/c20-19(21,22)14-6-3-7-15(11-14)28(26,27)17-9-2-1-5-13(17)12-24-18(25)16-8-4-10-23-16/h1-3,5-7,9,11,16,23H,4,8,10,12H2,(H,24,25)/t16-/m0/s1. The van der Waals surface area contributed by atoms with Crippen molar-refractivity contribution in [3.63, 3.8) is 0 Å². The first-order valence-corrected chi connectivity index (χ1v) is 10.2. The zero-order valence-electron chi connectivity index (χ0n) is 14.8. The summed E-state index contributed by atoms with van der Waals surface area (Å²) in [6, 6.07) is 9.27. The van der Waals surface area contributed by atoms with Crippen LogP contribution in [-0.2, 0) is 27.4 Å². The molecule has 1 atom stereocenters. The largest absolute Gasteiger partial charge is 0.416 e. The molecule has 3 rings (SSSR count). The van der Waals surface area contributed by atoms with Crippen LogP contribution >= 0.6 is 0 Å². The predicted octanol–water partition coefficient (Wildman–Crippen LogP) is 2.91. The second-order valence-corrected chi connectivity index (χ2v) is 8.42. The molecule has 2 aromatic rings. The Morgan fingerprint density at radius 1 is 1.14 bits per heavy atom. The summed E-state index contributed by atoms with van der Waals surface area (Å²) >= 11 is 0. The van der Waals surface area contributed by atoms with E-state index >= 15 is 0 Å². The minimum Gasteiger partial charge on any atom is -0.351 e. The molecule has 0 bridgehead atoms. The van der Waals surface area contributed by atoms with Crippen molar-refractivity contribution in [2.45, 2.75) is 41.4 Å². The molecular weight excluding hydrogens is 393 g/mol. The third kappa shape index (κ3) is 4.36. The summed E-state index contributed by atoms with van der Waals surface area (Å²) in [6.07, 6.45) is -3.05. The molecule has 0 aliphatic carbocycles. The van der Waals surface area contributed by atoms with Crippen molar-refractivity contribution in [2.75, 3.05) is 6.54 Å². The lowest BCUT2D eigenvalue weighted by Gasteiger charge is -2.15. The zero-order chi connectivity index (χ0) is 20.4. The molecule has 150 valence electrons. The summed E-state index contributed by atoms with van der Waals surface area (Å²) in [6.45, 7) is 0.712. The van der Waals surface area contributed by atoms with Gasteiger partial charge in [0.15, 0.2) is 0 Å². The number of carbonyl (C=O) groups is 1. The minimum absolute atomic E-state index is 0.0363. The molecule has 5 nitrogen and oxygen atoms in total. The molecule has 0 unspecified atom stereocenters. The Hall–Kier alpha value is -2.39. The number of sulfone groups is 1. The number of benzene rings is 2. The number of hydrogen-bond acceptors (Lipinski definition) is 4. The van der Waals surface area contributed by atoms with Crippen LogP contribution in [0.25, 0.3) is 0 Å². The number of hydrogen-bond donors (Lipinski definition) is 2. The molecule has 0 spiro atoms. The summed E-state index contributed by atoms with van der Waals surface area (Å²) in [7, 11) is -4.19. The quantitative estimate of drug-likeness (QED) is 0.792. The Labute approximate surface area is 160 Å². The summed E-state index contributed by atoms with van der Waals surface area (Å²) in [5.74, 6) is -0.233. The third-order valence-corrected chi connectivity index (χ3v) is 6.42. The maximum Gasteiger partial charge on any atom is 0.416 e. The summed E-state index contributed by atoms with van der Waals surface area (Å²) in [4.78, 5) is 11.6. The van der Waals surface area contributed by atoms with Gasteiger partial charge in [-0.25, -0.2) is 8.42 Å². The van der Waals surface area contributed by atoms with Crippen molar-refractivity contribution < 1.29 is 26.4 Å². The van der Waals surface area contributed by atoms with Crippen molar-refractivity contribution >= 4 is 15.7 Å². The molecule has 9 heteroatoms. The van der Waals surface area contributed by atoms with E-state index in [1.807, 2.05) is 0 Å². The first-order valence-electron chi connectivity index (χ1n) is 8.71. The van der Waals surface area contributed by atoms with Crippen molar-refractivity contribution in [2.24, 2.45) is 0 Å². The van der Waals surface area contributed by atoms with Crippen LogP contribution in [0, 0.1) is 0 Å². The average molecular weight is 412 g/mol. The summed E-state index contributed by atoms with van der Waals surface area (Å²) in [5, 5.41) is 5.74. The number of amides is 1. The first kappa shape index (κ1) is 20.3. The van der Waals surface area contributed by atoms with E-state index in [0.717, 1.165) is 31.2 Å². The first-order chi connectivity index (χ1) is 13.2. The Morgan fingerprint density at radius 2 is 1.89 bits per heavy atom. The summed E-state index contributed by atoms with van der Waals surface area (Å²) in [5.41, 5.74) is -0.724. The SMILES string of the molecule is O=C(NCc1ccccc1S(=O)(=O)c1cccc(C(F)(F)F)c1)[C@@H]1CCCN1. The van der Waals surface area contributed by atoms with Gasteiger partial charge in [-0.15, -0.1) is 0 Å².